The van der Waals surface area contributed by atoms with Crippen molar-refractivity contribution in [2.45, 2.75) is 13.8 Å². The van der Waals surface area contributed by atoms with Crippen molar-refractivity contribution < 1.29 is 4.92 Å². The zero-order chi connectivity index (χ0) is 24.8. The topological polar surface area (TPSA) is 130 Å². The maximum atomic E-state index is 10.9. The smallest absolute Gasteiger partial charge is 0.269 e. The Morgan fingerprint density at radius 2 is 1.43 bits per heavy atom. The van der Waals surface area contributed by atoms with Gasteiger partial charge in [0.25, 0.3) is 5.69 Å². The molecule has 11 heteroatoms. The van der Waals surface area contributed by atoms with E-state index in [1.807, 2.05) is 56.3 Å². The van der Waals surface area contributed by atoms with Crippen molar-refractivity contribution in [3.63, 3.8) is 0 Å². The number of aromatic nitrogens is 3. The Hall–Kier alpha value is -4.38. The first-order valence-electron chi connectivity index (χ1n) is 10.5. The molecular weight excluding hydrogens is 512 g/mol. The third kappa shape index (κ3) is 6.58. The zero-order valence-corrected chi connectivity index (χ0v) is 20.4. The lowest BCUT2D eigenvalue weighted by Gasteiger charge is -2.11. The number of nitro groups is 1. The molecular formula is C24H21BrN8O2. The van der Waals surface area contributed by atoms with Gasteiger partial charge in [-0.05, 0) is 66.9 Å². The molecule has 1 heterocycles. The highest BCUT2D eigenvalue weighted by Gasteiger charge is 2.10. The molecule has 35 heavy (non-hydrogen) atoms. The van der Waals surface area contributed by atoms with Crippen molar-refractivity contribution in [1.82, 2.24) is 15.0 Å². The molecule has 3 aromatic carbocycles. The normalized spacial score (nSPS) is 10.8. The van der Waals surface area contributed by atoms with Crippen molar-refractivity contribution in [1.29, 1.82) is 0 Å². The Labute approximate surface area is 209 Å². The van der Waals surface area contributed by atoms with Crippen LogP contribution in [0.1, 0.15) is 16.7 Å². The zero-order valence-electron chi connectivity index (χ0n) is 18.9. The molecule has 0 saturated heterocycles. The van der Waals surface area contributed by atoms with Crippen molar-refractivity contribution in [3.05, 3.63) is 98.0 Å². The largest absolute Gasteiger partial charge is 0.324 e. The lowest BCUT2D eigenvalue weighted by atomic mass is 10.1. The average Bonchev–Trinajstić information content (AvgIpc) is 2.83. The van der Waals surface area contributed by atoms with Crippen LogP contribution in [0.25, 0.3) is 0 Å². The number of nitro benzene ring substituents is 1. The van der Waals surface area contributed by atoms with Crippen LogP contribution in [0, 0.1) is 24.0 Å². The van der Waals surface area contributed by atoms with E-state index < -0.39 is 4.92 Å². The van der Waals surface area contributed by atoms with Crippen LogP contribution in [0.2, 0.25) is 0 Å². The Morgan fingerprint density at radius 1 is 0.829 bits per heavy atom. The number of nitrogens with zero attached hydrogens (tertiary/aromatic N) is 5. The van der Waals surface area contributed by atoms with E-state index in [-0.39, 0.29) is 17.6 Å². The molecule has 0 unspecified atom stereocenters. The van der Waals surface area contributed by atoms with Gasteiger partial charge in [-0.1, -0.05) is 34.1 Å². The van der Waals surface area contributed by atoms with E-state index in [1.54, 1.807) is 18.3 Å². The van der Waals surface area contributed by atoms with Gasteiger partial charge in [0.05, 0.1) is 11.1 Å². The molecule has 0 saturated carbocycles. The van der Waals surface area contributed by atoms with Crippen LogP contribution in [0.15, 0.2) is 76.3 Å². The summed E-state index contributed by atoms with van der Waals surface area (Å²) in [5, 5.41) is 21.4. The Bertz CT molecular complexity index is 1380. The number of aryl methyl sites for hydroxylation is 2. The molecule has 0 radical (unpaired) electrons. The van der Waals surface area contributed by atoms with Gasteiger partial charge in [-0.2, -0.15) is 20.1 Å². The summed E-state index contributed by atoms with van der Waals surface area (Å²) in [6, 6.07) is 19.6. The molecule has 0 aliphatic heterocycles. The van der Waals surface area contributed by atoms with Crippen molar-refractivity contribution >= 4 is 57.1 Å². The minimum Gasteiger partial charge on any atom is -0.324 e. The standard InChI is InChI=1S/C24H21BrN8O2/c1-15-3-8-20(13-16(15)2)28-23-29-22(27-19-9-11-21(12-10-19)33(34)35)30-24(31-23)32-26-14-17-4-6-18(25)7-5-17/h3-14H,1-2H3,(H3,27,28,29,30,31,32)/b26-14+. The van der Waals surface area contributed by atoms with E-state index in [0.717, 1.165) is 21.3 Å². The molecule has 0 atom stereocenters. The summed E-state index contributed by atoms with van der Waals surface area (Å²) in [5.74, 6) is 0.750. The van der Waals surface area contributed by atoms with E-state index in [2.05, 4.69) is 52.0 Å². The summed E-state index contributed by atoms with van der Waals surface area (Å²) < 4.78 is 0.976. The lowest BCUT2D eigenvalue weighted by Crippen LogP contribution is -2.07. The predicted octanol–water partition coefficient (Wildman–Crippen LogP) is 6.09. The van der Waals surface area contributed by atoms with Crippen LogP contribution in [-0.2, 0) is 0 Å². The number of rotatable bonds is 8. The summed E-state index contributed by atoms with van der Waals surface area (Å²) >= 11 is 3.41. The minimum atomic E-state index is -0.455. The van der Waals surface area contributed by atoms with Crippen LogP contribution in [0.4, 0.5) is 34.9 Å². The number of hydrogen-bond acceptors (Lipinski definition) is 9. The average molecular weight is 533 g/mol. The molecule has 4 rings (SSSR count). The summed E-state index contributed by atoms with van der Waals surface area (Å²) in [6.07, 6.45) is 1.65. The van der Waals surface area contributed by atoms with Crippen molar-refractivity contribution in [3.8, 4) is 0 Å². The second-order valence-corrected chi connectivity index (χ2v) is 8.50. The van der Waals surface area contributed by atoms with Gasteiger partial charge in [0, 0.05) is 28.0 Å². The number of non-ortho nitro benzene ring substituents is 1. The third-order valence-electron chi connectivity index (χ3n) is 4.98. The van der Waals surface area contributed by atoms with Gasteiger partial charge >= 0.3 is 0 Å². The first-order valence-corrected chi connectivity index (χ1v) is 11.3. The van der Waals surface area contributed by atoms with Crippen LogP contribution in [-0.4, -0.2) is 26.1 Å². The summed E-state index contributed by atoms with van der Waals surface area (Å²) in [4.78, 5) is 23.7. The Balaban J connectivity index is 1.59. The van der Waals surface area contributed by atoms with E-state index in [4.69, 9.17) is 0 Å². The van der Waals surface area contributed by atoms with E-state index in [0.29, 0.717) is 11.6 Å². The number of nitrogens with one attached hydrogen (secondary N) is 3. The fourth-order valence-corrected chi connectivity index (χ4v) is 3.26. The monoisotopic (exact) mass is 532 g/mol. The quantitative estimate of drug-likeness (QED) is 0.141. The predicted molar refractivity (Wildman–Crippen MR) is 141 cm³/mol. The number of hydrogen-bond donors (Lipinski definition) is 3. The van der Waals surface area contributed by atoms with Gasteiger partial charge in [-0.3, -0.25) is 10.1 Å². The number of hydrazone groups is 1. The summed E-state index contributed by atoms with van der Waals surface area (Å²) in [5.41, 5.74) is 7.44. The Morgan fingerprint density at radius 3 is 2.06 bits per heavy atom. The highest BCUT2D eigenvalue weighted by Crippen LogP contribution is 2.22. The second kappa shape index (κ2) is 10.7. The van der Waals surface area contributed by atoms with E-state index in [1.165, 1.54) is 17.7 Å². The van der Waals surface area contributed by atoms with E-state index >= 15 is 0 Å². The highest BCUT2D eigenvalue weighted by atomic mass is 79.9. The molecule has 176 valence electrons. The van der Waals surface area contributed by atoms with Crippen molar-refractivity contribution in [2.75, 3.05) is 16.1 Å². The first-order chi connectivity index (χ1) is 16.9. The summed E-state index contributed by atoms with van der Waals surface area (Å²) in [7, 11) is 0. The molecule has 0 spiro atoms. The van der Waals surface area contributed by atoms with Gasteiger partial charge in [-0.15, -0.1) is 0 Å². The molecule has 1 aromatic heterocycles. The number of anilines is 5. The van der Waals surface area contributed by atoms with Gasteiger partial charge in [0.1, 0.15) is 0 Å². The van der Waals surface area contributed by atoms with Gasteiger partial charge < -0.3 is 10.6 Å². The molecule has 0 fully saturated rings. The van der Waals surface area contributed by atoms with Gasteiger partial charge in [-0.25, -0.2) is 5.43 Å². The fourth-order valence-electron chi connectivity index (χ4n) is 2.99. The lowest BCUT2D eigenvalue weighted by molar-refractivity contribution is -0.384. The van der Waals surface area contributed by atoms with E-state index in [9.17, 15) is 10.1 Å². The minimum absolute atomic E-state index is 0.00655. The van der Waals surface area contributed by atoms with Crippen molar-refractivity contribution in [2.24, 2.45) is 5.10 Å². The van der Waals surface area contributed by atoms with Crippen LogP contribution in [0.3, 0.4) is 0 Å². The Kier molecular flexibility index (Phi) is 7.27. The van der Waals surface area contributed by atoms with Gasteiger partial charge in [0.15, 0.2) is 0 Å². The highest BCUT2D eigenvalue weighted by molar-refractivity contribution is 9.10. The SMILES string of the molecule is Cc1ccc(Nc2nc(N/N=C/c3ccc(Br)cc3)nc(Nc3ccc([N+](=O)[O-])cc3)n2)cc1C. The van der Waals surface area contributed by atoms with Crippen LogP contribution < -0.4 is 16.1 Å². The maximum absolute atomic E-state index is 10.9. The fraction of sp³-hybridized carbons (Fsp3) is 0.0833. The molecule has 4 aromatic rings. The van der Waals surface area contributed by atoms with Gasteiger partial charge in [0.2, 0.25) is 17.8 Å². The second-order valence-electron chi connectivity index (χ2n) is 7.58. The van der Waals surface area contributed by atoms with Crippen LogP contribution in [0.5, 0.6) is 0 Å². The molecule has 3 N–H and O–H groups in total. The third-order valence-corrected chi connectivity index (χ3v) is 5.51. The summed E-state index contributed by atoms with van der Waals surface area (Å²) in [6.45, 7) is 4.07. The maximum Gasteiger partial charge on any atom is 0.269 e. The first kappa shape index (κ1) is 23.8. The molecule has 0 amide bonds. The van der Waals surface area contributed by atoms with Crippen LogP contribution >= 0.6 is 15.9 Å². The molecule has 0 aliphatic rings. The number of benzene rings is 3. The molecule has 0 aliphatic carbocycles. The number of halogens is 1. The molecule has 10 nitrogen and oxygen atoms in total. The molecule has 0 bridgehead atoms.